The van der Waals surface area contributed by atoms with Crippen molar-refractivity contribution in [3.05, 3.63) is 69.4 Å². The highest BCUT2D eigenvalue weighted by molar-refractivity contribution is 6.36. The van der Waals surface area contributed by atoms with Gasteiger partial charge in [-0.05, 0) is 52.3 Å². The molecule has 1 N–H and O–H groups in total. The van der Waals surface area contributed by atoms with Gasteiger partial charge in [0.15, 0.2) is 0 Å². The van der Waals surface area contributed by atoms with E-state index in [1.54, 1.807) is 54.1 Å². The summed E-state index contributed by atoms with van der Waals surface area (Å²) in [4.78, 5) is 46.9. The van der Waals surface area contributed by atoms with Gasteiger partial charge in [-0.2, -0.15) is 10.4 Å². The molecule has 1 atom stereocenters. The van der Waals surface area contributed by atoms with Gasteiger partial charge in [0, 0.05) is 67.6 Å². The number of nitriles is 1. The van der Waals surface area contributed by atoms with Crippen LogP contribution in [0.5, 0.6) is 5.88 Å². The number of nitrogens with zero attached hydrogens (tertiary/aromatic N) is 7. The second-order valence-electron chi connectivity index (χ2n) is 14.4. The summed E-state index contributed by atoms with van der Waals surface area (Å²) in [6, 6.07) is 13.2. The number of rotatable bonds is 9. The van der Waals surface area contributed by atoms with Crippen LogP contribution >= 0.6 is 11.6 Å². The van der Waals surface area contributed by atoms with Gasteiger partial charge < -0.3 is 19.7 Å². The number of hydrogen-bond acceptors (Lipinski definition) is 9. The lowest BCUT2D eigenvalue weighted by atomic mass is 9.84. The average Bonchev–Trinajstić information content (AvgIpc) is 3.67. The molecular weight excluding hydrogens is 660 g/mol. The number of methoxy groups -OCH3 is 1. The molecule has 0 saturated carbocycles. The van der Waals surface area contributed by atoms with Gasteiger partial charge >= 0.3 is 6.09 Å². The van der Waals surface area contributed by atoms with Gasteiger partial charge in [-0.1, -0.05) is 29.8 Å². The second kappa shape index (κ2) is 13.4. The van der Waals surface area contributed by atoms with E-state index in [0.717, 1.165) is 5.56 Å². The van der Waals surface area contributed by atoms with Crippen molar-refractivity contribution in [3.8, 4) is 34.3 Å². The number of nitrogens with one attached hydrogen (secondary N) is 1. The summed E-state index contributed by atoms with van der Waals surface area (Å²) in [5, 5.41) is 17.5. The Bertz CT molecular complexity index is 2070. The normalized spacial score (nSPS) is 17.2. The third-order valence-electron chi connectivity index (χ3n) is 8.97. The van der Waals surface area contributed by atoms with Gasteiger partial charge in [-0.25, -0.2) is 14.3 Å². The summed E-state index contributed by atoms with van der Waals surface area (Å²) < 4.78 is 14.5. The zero-order chi connectivity index (χ0) is 36.0. The molecule has 1 aromatic carbocycles. The van der Waals surface area contributed by atoms with Crippen molar-refractivity contribution in [1.29, 1.82) is 5.26 Å². The van der Waals surface area contributed by atoms with E-state index < -0.39 is 11.7 Å². The molecule has 50 heavy (non-hydrogen) atoms. The molecule has 0 unspecified atom stereocenters. The molecule has 0 bridgehead atoms. The Kier molecular flexibility index (Phi) is 9.37. The first-order valence-electron chi connectivity index (χ1n) is 16.5. The van der Waals surface area contributed by atoms with Crippen LogP contribution < -0.4 is 15.6 Å². The third-order valence-corrected chi connectivity index (χ3v) is 9.38. The Morgan fingerprint density at radius 1 is 1.20 bits per heavy atom. The van der Waals surface area contributed by atoms with Crippen LogP contribution in [0, 0.1) is 16.7 Å². The standard InChI is InChI=1S/C36H41ClN8O5/c1-35(2,3)50-34(48)44(17-24-11-13-30(46)39-24)15-22-10-12-27(40-32(22)49-6)26-9-7-8-25(31(26)37)23-14-28-33(47)42(5)29(41-45(28)16-23)18-43-20-36(4,19-38)21-43/h7-10,12,14,16,24H,11,13,15,17-18,20-21H2,1-6H3,(H,39,46)/t24-/m0/s1. The van der Waals surface area contributed by atoms with Gasteiger partial charge in [0.1, 0.15) is 16.9 Å². The van der Waals surface area contributed by atoms with Gasteiger partial charge in [0.2, 0.25) is 11.8 Å². The summed E-state index contributed by atoms with van der Waals surface area (Å²) in [7, 11) is 3.22. The maximum atomic E-state index is 13.4. The van der Waals surface area contributed by atoms with E-state index in [1.165, 1.54) is 7.11 Å². The molecular formula is C36H41ClN8O5. The minimum Gasteiger partial charge on any atom is -0.481 e. The molecule has 2 amide bonds. The fourth-order valence-corrected chi connectivity index (χ4v) is 6.80. The summed E-state index contributed by atoms with van der Waals surface area (Å²) in [6.07, 6.45) is 2.34. The number of likely N-dealkylation sites (tertiary alicyclic amines) is 1. The molecule has 0 radical (unpaired) electrons. The van der Waals surface area contributed by atoms with Crippen molar-refractivity contribution < 1.29 is 19.1 Å². The zero-order valence-electron chi connectivity index (χ0n) is 29.1. The van der Waals surface area contributed by atoms with Crippen LogP contribution in [0.15, 0.2) is 47.4 Å². The first-order valence-corrected chi connectivity index (χ1v) is 16.9. The number of benzene rings is 1. The molecule has 14 heteroatoms. The van der Waals surface area contributed by atoms with E-state index in [0.29, 0.717) is 77.1 Å². The van der Waals surface area contributed by atoms with Crippen molar-refractivity contribution in [2.45, 2.75) is 65.3 Å². The molecule has 3 aromatic heterocycles. The number of carbonyl (C=O) groups is 2. The SMILES string of the molecule is COc1nc(-c2cccc(-c3cc4c(=O)n(C)c(CN5CC(C)(C#N)C5)nn4c3)c2Cl)ccc1CN(C[C@@H]1CCC(=O)N1)C(=O)OC(C)(C)C. The van der Waals surface area contributed by atoms with Crippen molar-refractivity contribution in [3.63, 3.8) is 0 Å². The maximum absolute atomic E-state index is 13.4. The minimum atomic E-state index is -0.699. The molecule has 2 saturated heterocycles. The van der Waals surface area contributed by atoms with Crippen LogP contribution in [0.4, 0.5) is 4.79 Å². The molecule has 0 aliphatic carbocycles. The fourth-order valence-electron chi connectivity index (χ4n) is 6.47. The number of ether oxygens (including phenoxy) is 2. The van der Waals surface area contributed by atoms with Gasteiger partial charge in [-0.15, -0.1) is 0 Å². The van der Waals surface area contributed by atoms with Crippen molar-refractivity contribution >= 4 is 29.1 Å². The van der Waals surface area contributed by atoms with Crippen LogP contribution in [0.25, 0.3) is 27.9 Å². The number of amides is 2. The largest absolute Gasteiger partial charge is 0.481 e. The Morgan fingerprint density at radius 3 is 2.60 bits per heavy atom. The molecule has 6 rings (SSSR count). The van der Waals surface area contributed by atoms with Crippen LogP contribution in [0.3, 0.4) is 0 Å². The minimum absolute atomic E-state index is 0.0361. The monoisotopic (exact) mass is 700 g/mol. The summed E-state index contributed by atoms with van der Waals surface area (Å²) >= 11 is 7.04. The first kappa shape index (κ1) is 34.9. The molecule has 2 aliphatic heterocycles. The predicted octanol–water partition coefficient (Wildman–Crippen LogP) is 4.79. The molecule has 2 aliphatic rings. The van der Waals surface area contributed by atoms with Crippen molar-refractivity contribution in [2.75, 3.05) is 26.7 Å². The van der Waals surface area contributed by atoms with Gasteiger partial charge in [-0.3, -0.25) is 19.1 Å². The molecule has 2 fully saturated rings. The van der Waals surface area contributed by atoms with Crippen molar-refractivity contribution in [2.24, 2.45) is 12.5 Å². The summed E-state index contributed by atoms with van der Waals surface area (Å²) in [6.45, 7) is 9.49. The van der Waals surface area contributed by atoms with E-state index in [4.69, 9.17) is 31.2 Å². The van der Waals surface area contributed by atoms with E-state index in [1.807, 2.05) is 37.3 Å². The van der Waals surface area contributed by atoms with E-state index >= 15 is 0 Å². The smallest absolute Gasteiger partial charge is 0.410 e. The van der Waals surface area contributed by atoms with E-state index in [-0.39, 0.29) is 36.0 Å². The number of carbonyl (C=O) groups excluding carboxylic acids is 2. The molecule has 262 valence electrons. The van der Waals surface area contributed by atoms with E-state index in [9.17, 15) is 19.6 Å². The molecule has 13 nitrogen and oxygen atoms in total. The lowest BCUT2D eigenvalue weighted by Crippen LogP contribution is -2.53. The number of halogens is 1. The lowest BCUT2D eigenvalue weighted by molar-refractivity contribution is -0.119. The Balaban J connectivity index is 1.27. The quantitative estimate of drug-likeness (QED) is 0.260. The topological polar surface area (TPSA) is 147 Å². The van der Waals surface area contributed by atoms with Crippen LogP contribution in [0.1, 0.15) is 51.9 Å². The summed E-state index contributed by atoms with van der Waals surface area (Å²) in [5.41, 5.74) is 2.44. The number of pyridine rings is 1. The van der Waals surface area contributed by atoms with E-state index in [2.05, 4.69) is 16.3 Å². The van der Waals surface area contributed by atoms with Crippen molar-refractivity contribution in [1.82, 2.24) is 34.3 Å². The maximum Gasteiger partial charge on any atom is 0.410 e. The molecule has 0 spiro atoms. The van der Waals surface area contributed by atoms with Crippen LogP contribution in [-0.4, -0.2) is 79.4 Å². The van der Waals surface area contributed by atoms with Gasteiger partial charge in [0.05, 0.1) is 42.4 Å². The number of aromatic nitrogens is 4. The highest BCUT2D eigenvalue weighted by atomic mass is 35.5. The fraction of sp³-hybridized carbons (Fsp3) is 0.444. The van der Waals surface area contributed by atoms with Gasteiger partial charge in [0.25, 0.3) is 5.56 Å². The second-order valence-corrected chi connectivity index (χ2v) is 14.7. The lowest BCUT2D eigenvalue weighted by Gasteiger charge is -2.43. The Morgan fingerprint density at radius 2 is 1.94 bits per heavy atom. The highest BCUT2D eigenvalue weighted by Crippen LogP contribution is 2.37. The molecule has 5 heterocycles. The Hall–Kier alpha value is -4.93. The first-order chi connectivity index (χ1) is 23.7. The Labute approximate surface area is 295 Å². The van der Waals surface area contributed by atoms with Crippen LogP contribution in [0.2, 0.25) is 5.02 Å². The zero-order valence-corrected chi connectivity index (χ0v) is 29.9. The predicted molar refractivity (Wildman–Crippen MR) is 187 cm³/mol. The third kappa shape index (κ3) is 7.18. The highest BCUT2D eigenvalue weighted by Gasteiger charge is 2.39. The number of fused-ring (bicyclic) bond motifs is 1. The summed E-state index contributed by atoms with van der Waals surface area (Å²) in [5.74, 6) is 0.880. The number of hydrogen-bond donors (Lipinski definition) is 1. The van der Waals surface area contributed by atoms with Crippen LogP contribution in [-0.2, 0) is 29.7 Å². The average molecular weight is 701 g/mol. The molecule has 4 aromatic rings.